The zero-order valence-electron chi connectivity index (χ0n) is 9.96. The maximum Gasteiger partial charge on any atom is 0.372 e. The van der Waals surface area contributed by atoms with Gasteiger partial charge < -0.3 is 9.52 Å². The fourth-order valence-corrected chi connectivity index (χ4v) is 2.81. The van der Waals surface area contributed by atoms with Crippen LogP contribution < -0.4 is 0 Å². The van der Waals surface area contributed by atoms with E-state index in [9.17, 15) is 9.90 Å². The summed E-state index contributed by atoms with van der Waals surface area (Å²) < 4.78 is 6.20. The maximum atomic E-state index is 11.2. The number of furan rings is 1. The van der Waals surface area contributed by atoms with Gasteiger partial charge in [0.2, 0.25) is 5.76 Å². The van der Waals surface area contributed by atoms with Gasteiger partial charge in [0.05, 0.1) is 5.02 Å². The van der Waals surface area contributed by atoms with E-state index in [1.54, 1.807) is 6.07 Å². The minimum absolute atomic E-state index is 0.0151. The van der Waals surface area contributed by atoms with Crippen LogP contribution in [0.5, 0.6) is 0 Å². The lowest BCUT2D eigenvalue weighted by atomic mass is 10.00. The number of rotatable bonds is 3. The van der Waals surface area contributed by atoms with Crippen molar-refractivity contribution >= 4 is 44.5 Å². The number of aromatic carboxylic acids is 1. The molecule has 0 bridgehead atoms. The first-order valence-electron chi connectivity index (χ1n) is 5.54. The lowest BCUT2D eigenvalue weighted by Gasteiger charge is -2.04. The van der Waals surface area contributed by atoms with E-state index in [-0.39, 0.29) is 5.76 Å². The quantitative estimate of drug-likeness (QED) is 0.883. The lowest BCUT2D eigenvalue weighted by Crippen LogP contribution is -2.02. The second kappa shape index (κ2) is 4.94. The monoisotopic (exact) mass is 330 g/mol. The Labute approximate surface area is 118 Å². The van der Waals surface area contributed by atoms with Gasteiger partial charge >= 0.3 is 5.97 Å². The highest BCUT2D eigenvalue weighted by molar-refractivity contribution is 9.10. The van der Waals surface area contributed by atoms with Gasteiger partial charge in [-0.15, -0.1) is 0 Å². The van der Waals surface area contributed by atoms with Gasteiger partial charge in [-0.05, 0) is 24.5 Å². The first-order chi connectivity index (χ1) is 8.40. The molecule has 0 aliphatic carbocycles. The molecular weight excluding hydrogens is 319 g/mol. The molecule has 18 heavy (non-hydrogen) atoms. The van der Waals surface area contributed by atoms with E-state index < -0.39 is 5.97 Å². The van der Waals surface area contributed by atoms with Gasteiger partial charge in [0.15, 0.2) is 5.58 Å². The molecule has 1 N–H and O–H groups in total. The van der Waals surface area contributed by atoms with Crippen LogP contribution >= 0.6 is 27.5 Å². The van der Waals surface area contributed by atoms with E-state index in [0.29, 0.717) is 28.5 Å². The van der Waals surface area contributed by atoms with Crippen LogP contribution in [0.2, 0.25) is 5.02 Å². The van der Waals surface area contributed by atoms with Crippen molar-refractivity contribution in [2.75, 3.05) is 0 Å². The molecular formula is C13H12BrClO3. The van der Waals surface area contributed by atoms with Gasteiger partial charge in [0, 0.05) is 15.4 Å². The van der Waals surface area contributed by atoms with Crippen LogP contribution in [-0.2, 0) is 6.42 Å². The number of hydrogen-bond donors (Lipinski definition) is 1. The largest absolute Gasteiger partial charge is 0.475 e. The van der Waals surface area contributed by atoms with E-state index in [0.717, 1.165) is 9.86 Å². The second-order valence-electron chi connectivity index (χ2n) is 4.58. The molecule has 0 spiro atoms. The van der Waals surface area contributed by atoms with Crippen molar-refractivity contribution in [1.82, 2.24) is 0 Å². The molecule has 1 aromatic heterocycles. The Hall–Kier alpha value is -1.000. The molecule has 3 nitrogen and oxygen atoms in total. The van der Waals surface area contributed by atoms with Crippen LogP contribution in [0.4, 0.5) is 0 Å². The molecule has 96 valence electrons. The van der Waals surface area contributed by atoms with Crippen molar-refractivity contribution in [3.8, 4) is 0 Å². The number of fused-ring (bicyclic) bond motifs is 1. The lowest BCUT2D eigenvalue weighted by molar-refractivity contribution is 0.0663. The molecule has 2 rings (SSSR count). The minimum Gasteiger partial charge on any atom is -0.475 e. The van der Waals surface area contributed by atoms with E-state index >= 15 is 0 Å². The first-order valence-corrected chi connectivity index (χ1v) is 6.71. The maximum absolute atomic E-state index is 11.2. The third kappa shape index (κ3) is 2.40. The molecule has 1 heterocycles. The third-order valence-corrected chi connectivity index (χ3v) is 3.36. The Morgan fingerprint density at radius 3 is 2.72 bits per heavy atom. The number of benzene rings is 1. The fraction of sp³-hybridized carbons (Fsp3) is 0.308. The number of carbonyl (C=O) groups is 1. The fourth-order valence-electron chi connectivity index (χ4n) is 1.96. The van der Waals surface area contributed by atoms with Crippen molar-refractivity contribution in [2.45, 2.75) is 20.3 Å². The van der Waals surface area contributed by atoms with Crippen LogP contribution in [0.3, 0.4) is 0 Å². The van der Waals surface area contributed by atoms with Gasteiger partial charge in [-0.1, -0.05) is 41.4 Å². The Morgan fingerprint density at radius 2 is 2.17 bits per heavy atom. The summed E-state index contributed by atoms with van der Waals surface area (Å²) in [5, 5.41) is 10.4. The predicted molar refractivity (Wildman–Crippen MR) is 74.4 cm³/mol. The van der Waals surface area contributed by atoms with Gasteiger partial charge in [0.1, 0.15) is 0 Å². The van der Waals surface area contributed by atoms with Crippen LogP contribution in [0.25, 0.3) is 11.0 Å². The average Bonchev–Trinajstić information content (AvgIpc) is 2.57. The van der Waals surface area contributed by atoms with Crippen molar-refractivity contribution in [1.29, 1.82) is 0 Å². The Balaban J connectivity index is 2.76. The normalized spacial score (nSPS) is 11.4. The second-order valence-corrected chi connectivity index (χ2v) is 5.90. The summed E-state index contributed by atoms with van der Waals surface area (Å²) in [6.45, 7) is 4.06. The molecule has 0 radical (unpaired) electrons. The zero-order valence-corrected chi connectivity index (χ0v) is 12.3. The molecule has 0 aliphatic heterocycles. The summed E-state index contributed by atoms with van der Waals surface area (Å²) in [5.41, 5.74) is 1.14. The highest BCUT2D eigenvalue weighted by Crippen LogP contribution is 2.35. The summed E-state index contributed by atoms with van der Waals surface area (Å²) in [5.74, 6) is -0.741. The standard InChI is InChI=1S/C13H12BrClO3/c1-6(2)3-8-9-4-7(14)5-10(15)11(9)18-12(8)13(16)17/h4-6H,3H2,1-2H3,(H,16,17). The summed E-state index contributed by atoms with van der Waals surface area (Å²) in [6.07, 6.45) is 0.640. The SMILES string of the molecule is CC(C)Cc1c(C(=O)O)oc2c(Cl)cc(Br)cc12. The van der Waals surface area contributed by atoms with Crippen molar-refractivity contribution in [3.05, 3.63) is 33.0 Å². The van der Waals surface area contributed by atoms with Crippen molar-refractivity contribution in [3.63, 3.8) is 0 Å². The van der Waals surface area contributed by atoms with Gasteiger partial charge in [-0.25, -0.2) is 4.79 Å². The molecule has 1 aromatic carbocycles. The molecule has 0 saturated carbocycles. The minimum atomic E-state index is -1.06. The highest BCUT2D eigenvalue weighted by Gasteiger charge is 2.22. The Morgan fingerprint density at radius 1 is 1.50 bits per heavy atom. The molecule has 5 heteroatoms. The number of carboxylic acids is 1. The number of carboxylic acid groups (broad SMARTS) is 1. The van der Waals surface area contributed by atoms with Crippen molar-refractivity contribution in [2.24, 2.45) is 5.92 Å². The van der Waals surface area contributed by atoms with Gasteiger partial charge in [-0.2, -0.15) is 0 Å². The summed E-state index contributed by atoms with van der Waals surface area (Å²) in [4.78, 5) is 11.2. The molecule has 2 aromatic rings. The van der Waals surface area contributed by atoms with Crippen LogP contribution in [-0.4, -0.2) is 11.1 Å². The summed E-state index contributed by atoms with van der Waals surface area (Å²) in [7, 11) is 0. The Kier molecular flexibility index (Phi) is 3.69. The van der Waals surface area contributed by atoms with E-state index in [4.69, 9.17) is 16.0 Å². The highest BCUT2D eigenvalue weighted by atomic mass is 79.9. The summed E-state index contributed by atoms with van der Waals surface area (Å²) >= 11 is 9.43. The predicted octanol–water partition coefficient (Wildman–Crippen LogP) is 4.75. The average molecular weight is 332 g/mol. The van der Waals surface area contributed by atoms with Gasteiger partial charge in [0.25, 0.3) is 0 Å². The first kappa shape index (κ1) is 13.4. The number of halogens is 2. The molecule has 0 unspecified atom stereocenters. The van der Waals surface area contributed by atoms with Crippen molar-refractivity contribution < 1.29 is 14.3 Å². The topological polar surface area (TPSA) is 50.4 Å². The molecule has 0 fully saturated rings. The van der Waals surface area contributed by atoms with E-state index in [2.05, 4.69) is 15.9 Å². The molecule has 0 amide bonds. The third-order valence-electron chi connectivity index (χ3n) is 2.62. The van der Waals surface area contributed by atoms with Crippen LogP contribution in [0.15, 0.2) is 21.0 Å². The summed E-state index contributed by atoms with van der Waals surface area (Å²) in [6, 6.07) is 3.53. The van der Waals surface area contributed by atoms with Gasteiger partial charge in [-0.3, -0.25) is 0 Å². The van der Waals surface area contributed by atoms with E-state index in [1.165, 1.54) is 0 Å². The molecule has 0 aliphatic rings. The Bertz CT molecular complexity index is 616. The van der Waals surface area contributed by atoms with Crippen LogP contribution in [0.1, 0.15) is 30.0 Å². The van der Waals surface area contributed by atoms with Crippen LogP contribution in [0, 0.1) is 5.92 Å². The zero-order chi connectivity index (χ0) is 13.4. The molecule has 0 atom stereocenters. The molecule has 0 saturated heterocycles. The number of hydrogen-bond acceptors (Lipinski definition) is 2. The van der Waals surface area contributed by atoms with E-state index in [1.807, 2.05) is 19.9 Å². The smallest absolute Gasteiger partial charge is 0.372 e.